The zero-order valence-electron chi connectivity index (χ0n) is 10.5. The van der Waals surface area contributed by atoms with Crippen molar-refractivity contribution >= 4 is 23.6 Å². The van der Waals surface area contributed by atoms with E-state index in [2.05, 4.69) is 10.3 Å². The van der Waals surface area contributed by atoms with E-state index in [4.69, 9.17) is 5.11 Å². The summed E-state index contributed by atoms with van der Waals surface area (Å²) < 4.78 is 0. The van der Waals surface area contributed by atoms with Gasteiger partial charge in [0.15, 0.2) is 0 Å². The van der Waals surface area contributed by atoms with Crippen molar-refractivity contribution in [1.82, 2.24) is 4.98 Å². The number of amides is 1. The largest absolute Gasteiger partial charge is 0.478 e. The first kappa shape index (κ1) is 13.5. The van der Waals surface area contributed by atoms with E-state index in [0.717, 1.165) is 6.08 Å². The Labute approximate surface area is 115 Å². The second-order valence-corrected chi connectivity index (χ2v) is 3.97. The number of carboxylic acids is 1. The lowest BCUT2D eigenvalue weighted by Crippen LogP contribution is -2.13. The van der Waals surface area contributed by atoms with Gasteiger partial charge in [-0.3, -0.25) is 9.78 Å². The molecule has 1 aromatic heterocycles. The highest BCUT2D eigenvalue weighted by Crippen LogP contribution is 2.13. The minimum Gasteiger partial charge on any atom is -0.478 e. The topological polar surface area (TPSA) is 79.3 Å². The molecule has 0 saturated carbocycles. The van der Waals surface area contributed by atoms with Crippen LogP contribution in [0.3, 0.4) is 0 Å². The zero-order valence-corrected chi connectivity index (χ0v) is 10.5. The summed E-state index contributed by atoms with van der Waals surface area (Å²) in [6, 6.07) is 12.0. The van der Waals surface area contributed by atoms with Crippen LogP contribution < -0.4 is 5.32 Å². The lowest BCUT2D eigenvalue weighted by atomic mass is 10.2. The number of aromatic nitrogens is 1. The molecule has 5 nitrogen and oxygen atoms in total. The van der Waals surface area contributed by atoms with Crippen LogP contribution in [-0.4, -0.2) is 22.0 Å². The van der Waals surface area contributed by atoms with Gasteiger partial charge in [0.2, 0.25) is 0 Å². The van der Waals surface area contributed by atoms with E-state index < -0.39 is 5.97 Å². The van der Waals surface area contributed by atoms with Crippen LogP contribution in [0.1, 0.15) is 16.1 Å². The summed E-state index contributed by atoms with van der Waals surface area (Å²) in [5.41, 5.74) is 1.58. The first-order chi connectivity index (χ1) is 9.65. The molecule has 100 valence electrons. The van der Waals surface area contributed by atoms with Crippen molar-refractivity contribution in [3.05, 3.63) is 66.0 Å². The molecule has 0 saturated heterocycles. The molecule has 5 heteroatoms. The number of anilines is 1. The molecule has 1 amide bonds. The molecule has 0 spiro atoms. The molecule has 0 radical (unpaired) electrons. The van der Waals surface area contributed by atoms with Crippen molar-refractivity contribution in [2.45, 2.75) is 0 Å². The number of nitrogens with zero attached hydrogens (tertiary/aromatic N) is 1. The molecule has 2 aromatic rings. The molecule has 0 unspecified atom stereocenters. The Morgan fingerprint density at radius 2 is 2.00 bits per heavy atom. The van der Waals surface area contributed by atoms with Crippen molar-refractivity contribution in [1.29, 1.82) is 0 Å². The van der Waals surface area contributed by atoms with E-state index in [1.165, 1.54) is 6.08 Å². The van der Waals surface area contributed by atoms with Gasteiger partial charge in [0.1, 0.15) is 5.69 Å². The smallest absolute Gasteiger partial charge is 0.328 e. The van der Waals surface area contributed by atoms with Crippen LogP contribution in [0.15, 0.2) is 54.7 Å². The fourth-order valence-corrected chi connectivity index (χ4v) is 1.58. The summed E-state index contributed by atoms with van der Waals surface area (Å²) >= 11 is 0. The summed E-state index contributed by atoms with van der Waals surface area (Å²) in [6.45, 7) is 0. The fourth-order valence-electron chi connectivity index (χ4n) is 1.58. The van der Waals surface area contributed by atoms with E-state index in [1.807, 2.05) is 0 Å². The Morgan fingerprint density at radius 3 is 2.70 bits per heavy atom. The van der Waals surface area contributed by atoms with Gasteiger partial charge < -0.3 is 10.4 Å². The number of aliphatic carboxylic acids is 1. The summed E-state index contributed by atoms with van der Waals surface area (Å²) in [5.74, 6) is -1.34. The third kappa shape index (κ3) is 3.78. The van der Waals surface area contributed by atoms with E-state index >= 15 is 0 Å². The van der Waals surface area contributed by atoms with E-state index in [1.54, 1.807) is 48.7 Å². The van der Waals surface area contributed by atoms with Crippen molar-refractivity contribution in [3.8, 4) is 0 Å². The number of nitrogens with one attached hydrogen (secondary N) is 1. The number of pyridine rings is 1. The number of carboxylic acid groups (broad SMARTS) is 1. The zero-order chi connectivity index (χ0) is 14.4. The quantitative estimate of drug-likeness (QED) is 0.835. The lowest BCUT2D eigenvalue weighted by molar-refractivity contribution is -0.131. The number of carbonyl (C=O) groups is 2. The van der Waals surface area contributed by atoms with Crippen LogP contribution >= 0.6 is 0 Å². The lowest BCUT2D eigenvalue weighted by Gasteiger charge is -2.05. The van der Waals surface area contributed by atoms with Crippen LogP contribution in [0, 0.1) is 0 Å². The van der Waals surface area contributed by atoms with E-state index in [0.29, 0.717) is 16.9 Å². The van der Waals surface area contributed by atoms with Crippen LogP contribution in [0.25, 0.3) is 6.08 Å². The fraction of sp³-hybridized carbons (Fsp3) is 0. The third-order valence-electron chi connectivity index (χ3n) is 2.46. The first-order valence-electron chi connectivity index (χ1n) is 5.88. The van der Waals surface area contributed by atoms with Crippen LogP contribution in [0.2, 0.25) is 0 Å². The Balaban J connectivity index is 2.12. The molecule has 0 aliphatic heterocycles. The SMILES string of the molecule is O=C(O)C=Cc1cccc(NC(=O)c2ccccn2)c1. The number of hydrogen-bond donors (Lipinski definition) is 2. The molecule has 0 atom stereocenters. The predicted molar refractivity (Wildman–Crippen MR) is 75.3 cm³/mol. The van der Waals surface area contributed by atoms with Crippen LogP contribution in [0.5, 0.6) is 0 Å². The van der Waals surface area contributed by atoms with Crippen molar-refractivity contribution in [2.75, 3.05) is 5.32 Å². The second-order valence-electron chi connectivity index (χ2n) is 3.97. The maximum atomic E-state index is 11.9. The second kappa shape index (κ2) is 6.29. The molecule has 0 aliphatic rings. The minimum atomic E-state index is -1.02. The number of hydrogen-bond acceptors (Lipinski definition) is 3. The Hall–Kier alpha value is -2.95. The summed E-state index contributed by atoms with van der Waals surface area (Å²) in [7, 11) is 0. The normalized spacial score (nSPS) is 10.4. The summed E-state index contributed by atoms with van der Waals surface area (Å²) in [6.07, 6.45) is 4.04. The molecular formula is C15H12N2O3. The molecule has 20 heavy (non-hydrogen) atoms. The first-order valence-corrected chi connectivity index (χ1v) is 5.88. The molecule has 1 aromatic carbocycles. The van der Waals surface area contributed by atoms with Crippen molar-refractivity contribution < 1.29 is 14.7 Å². The Kier molecular flexibility index (Phi) is 4.24. The van der Waals surface area contributed by atoms with Gasteiger partial charge in [-0.05, 0) is 35.9 Å². The molecular weight excluding hydrogens is 256 g/mol. The van der Waals surface area contributed by atoms with Gasteiger partial charge in [0.25, 0.3) is 5.91 Å². The van der Waals surface area contributed by atoms with Gasteiger partial charge in [-0.25, -0.2) is 4.79 Å². The number of carbonyl (C=O) groups excluding carboxylic acids is 1. The van der Waals surface area contributed by atoms with Gasteiger partial charge in [-0.2, -0.15) is 0 Å². The molecule has 0 aliphatic carbocycles. The number of rotatable bonds is 4. The highest BCUT2D eigenvalue weighted by molar-refractivity contribution is 6.02. The predicted octanol–water partition coefficient (Wildman–Crippen LogP) is 2.43. The summed E-state index contributed by atoms with van der Waals surface area (Å²) in [5, 5.41) is 11.3. The number of benzene rings is 1. The third-order valence-corrected chi connectivity index (χ3v) is 2.46. The molecule has 2 rings (SSSR count). The Bertz CT molecular complexity index is 651. The highest BCUT2D eigenvalue weighted by Gasteiger charge is 2.06. The average molecular weight is 268 g/mol. The van der Waals surface area contributed by atoms with Crippen LogP contribution in [0.4, 0.5) is 5.69 Å². The minimum absolute atomic E-state index is 0.315. The highest BCUT2D eigenvalue weighted by atomic mass is 16.4. The van der Waals surface area contributed by atoms with Crippen molar-refractivity contribution in [3.63, 3.8) is 0 Å². The van der Waals surface area contributed by atoms with Gasteiger partial charge in [-0.15, -0.1) is 0 Å². The maximum Gasteiger partial charge on any atom is 0.328 e. The summed E-state index contributed by atoms with van der Waals surface area (Å²) in [4.78, 5) is 26.3. The van der Waals surface area contributed by atoms with Gasteiger partial charge >= 0.3 is 5.97 Å². The van der Waals surface area contributed by atoms with Crippen molar-refractivity contribution in [2.24, 2.45) is 0 Å². The Morgan fingerprint density at radius 1 is 1.15 bits per heavy atom. The molecule has 0 bridgehead atoms. The van der Waals surface area contributed by atoms with E-state index in [9.17, 15) is 9.59 Å². The molecule has 1 heterocycles. The van der Waals surface area contributed by atoms with Crippen LogP contribution in [-0.2, 0) is 4.79 Å². The maximum absolute atomic E-state index is 11.9. The standard InChI is InChI=1S/C15H12N2O3/c18-14(19)8-7-11-4-3-5-12(10-11)17-15(20)13-6-1-2-9-16-13/h1-10H,(H,17,20)(H,18,19). The van der Waals surface area contributed by atoms with Gasteiger partial charge in [0, 0.05) is 18.0 Å². The monoisotopic (exact) mass is 268 g/mol. The van der Waals surface area contributed by atoms with E-state index in [-0.39, 0.29) is 5.91 Å². The molecule has 0 fully saturated rings. The average Bonchev–Trinajstić information content (AvgIpc) is 2.46. The van der Waals surface area contributed by atoms with Gasteiger partial charge in [-0.1, -0.05) is 18.2 Å². The molecule has 2 N–H and O–H groups in total. The van der Waals surface area contributed by atoms with Gasteiger partial charge in [0.05, 0.1) is 0 Å².